The fourth-order valence-electron chi connectivity index (χ4n) is 3.47. The maximum absolute atomic E-state index is 13.6. The fraction of sp³-hybridized carbons (Fsp3) is 0.727. The van der Waals surface area contributed by atoms with Crippen molar-refractivity contribution in [2.24, 2.45) is 0 Å². The second-order valence-corrected chi connectivity index (χ2v) is 8.61. The van der Waals surface area contributed by atoms with Crippen LogP contribution in [0, 0.1) is 27.7 Å². The van der Waals surface area contributed by atoms with Crippen LogP contribution in [-0.2, 0) is 22.3 Å². The molecule has 0 aliphatic rings. The lowest BCUT2D eigenvalue weighted by atomic mass is 9.86. The van der Waals surface area contributed by atoms with Crippen LogP contribution in [0.15, 0.2) is 0 Å². The molecule has 14 heteroatoms. The van der Waals surface area contributed by atoms with E-state index in [-0.39, 0.29) is 13.8 Å². The van der Waals surface area contributed by atoms with Crippen LogP contribution in [0.2, 0.25) is 0 Å². The monoisotopic (exact) mass is 550 g/mol. The summed E-state index contributed by atoms with van der Waals surface area (Å²) in [6.45, 7) is 2.96. The molecule has 1 aromatic rings. The Morgan fingerprint density at radius 3 is 0.889 bits per heavy atom. The predicted octanol–water partition coefficient (Wildman–Crippen LogP) is 7.81. The van der Waals surface area contributed by atoms with Gasteiger partial charge in [-0.15, -0.1) is 0 Å². The molecule has 0 radical (unpaired) electrons. The largest absolute Gasteiger partial charge is 0.425 e. The molecule has 0 fully saturated rings. The highest BCUT2D eigenvalue weighted by Gasteiger charge is 2.71. The zero-order valence-corrected chi connectivity index (χ0v) is 20.2. The molecule has 0 heterocycles. The molecule has 0 saturated carbocycles. The van der Waals surface area contributed by atoms with Crippen molar-refractivity contribution >= 4 is 0 Å². The van der Waals surface area contributed by atoms with Crippen molar-refractivity contribution in [3.8, 4) is 0 Å². The van der Waals surface area contributed by atoms with E-state index in [2.05, 4.69) is 9.47 Å². The number of alkyl halides is 12. The van der Waals surface area contributed by atoms with Crippen LogP contribution < -0.4 is 0 Å². The SMILES string of the molecule is Cc1c(C)c(CCOC(F)(F)C(F)(F)C(C)(F)F)c(C)c(C)c1CCOC(F)(F)C(F)(F)C(C)(F)F. The van der Waals surface area contributed by atoms with Gasteiger partial charge in [-0.25, -0.2) is 0 Å². The Morgan fingerprint density at radius 1 is 0.472 bits per heavy atom. The van der Waals surface area contributed by atoms with Gasteiger partial charge < -0.3 is 9.47 Å². The topological polar surface area (TPSA) is 18.5 Å². The summed E-state index contributed by atoms with van der Waals surface area (Å²) in [6, 6.07) is 0. The van der Waals surface area contributed by atoms with Gasteiger partial charge >= 0.3 is 35.9 Å². The molecule has 210 valence electrons. The van der Waals surface area contributed by atoms with Gasteiger partial charge in [-0.05, 0) is 73.9 Å². The van der Waals surface area contributed by atoms with Crippen LogP contribution >= 0.6 is 0 Å². The molecule has 0 saturated heterocycles. The van der Waals surface area contributed by atoms with Crippen molar-refractivity contribution < 1.29 is 62.2 Å². The number of halogens is 12. The van der Waals surface area contributed by atoms with Crippen LogP contribution in [0.5, 0.6) is 0 Å². The van der Waals surface area contributed by atoms with Gasteiger partial charge in [0.25, 0.3) is 0 Å². The Balaban J connectivity index is 3.05. The molecular formula is C22H26F12O2. The number of hydrogen-bond acceptors (Lipinski definition) is 2. The van der Waals surface area contributed by atoms with Gasteiger partial charge in [0.15, 0.2) is 0 Å². The van der Waals surface area contributed by atoms with Gasteiger partial charge in [-0.3, -0.25) is 0 Å². The second kappa shape index (κ2) is 10.2. The molecule has 0 bridgehead atoms. The quantitative estimate of drug-likeness (QED) is 0.247. The smallest absolute Gasteiger partial charge is 0.315 e. The van der Waals surface area contributed by atoms with Crippen molar-refractivity contribution in [1.29, 1.82) is 0 Å². The van der Waals surface area contributed by atoms with Gasteiger partial charge in [-0.2, -0.15) is 52.7 Å². The highest BCUT2D eigenvalue weighted by molar-refractivity contribution is 5.50. The van der Waals surface area contributed by atoms with E-state index in [1.165, 1.54) is 27.7 Å². The van der Waals surface area contributed by atoms with Crippen LogP contribution in [0.25, 0.3) is 0 Å². The maximum atomic E-state index is 13.6. The minimum atomic E-state index is -5.78. The molecule has 1 rings (SSSR count). The van der Waals surface area contributed by atoms with Gasteiger partial charge in [0.2, 0.25) is 0 Å². The molecule has 0 amide bonds. The summed E-state index contributed by atoms with van der Waals surface area (Å²) in [7, 11) is 0. The van der Waals surface area contributed by atoms with Crippen molar-refractivity contribution in [2.45, 2.75) is 90.3 Å². The predicted molar refractivity (Wildman–Crippen MR) is 106 cm³/mol. The Hall–Kier alpha value is -1.70. The summed E-state index contributed by atoms with van der Waals surface area (Å²) < 4.78 is 167. The summed E-state index contributed by atoms with van der Waals surface area (Å²) in [5.41, 5.74) is 2.16. The average Bonchev–Trinajstić information content (AvgIpc) is 2.69. The van der Waals surface area contributed by atoms with E-state index in [1.54, 1.807) is 0 Å². The van der Waals surface area contributed by atoms with Gasteiger partial charge in [0.05, 0.1) is 13.2 Å². The van der Waals surface area contributed by atoms with E-state index in [0.717, 1.165) is 0 Å². The first-order valence-corrected chi connectivity index (χ1v) is 10.5. The first-order chi connectivity index (χ1) is 15.8. The van der Waals surface area contributed by atoms with Crippen molar-refractivity contribution in [2.75, 3.05) is 13.2 Å². The van der Waals surface area contributed by atoms with Gasteiger partial charge in [-0.1, -0.05) is 0 Å². The first-order valence-electron chi connectivity index (χ1n) is 10.5. The molecule has 0 unspecified atom stereocenters. The van der Waals surface area contributed by atoms with Crippen molar-refractivity contribution in [3.05, 3.63) is 33.4 Å². The molecule has 0 aliphatic carbocycles. The van der Waals surface area contributed by atoms with Crippen LogP contribution in [0.3, 0.4) is 0 Å². The third kappa shape index (κ3) is 6.05. The normalized spacial score (nSPS) is 14.5. The summed E-state index contributed by atoms with van der Waals surface area (Å²) in [6.07, 6.45) is -11.8. The van der Waals surface area contributed by atoms with E-state index in [4.69, 9.17) is 0 Å². The number of benzene rings is 1. The molecule has 1 aromatic carbocycles. The van der Waals surface area contributed by atoms with Crippen molar-refractivity contribution in [1.82, 2.24) is 0 Å². The minimum Gasteiger partial charge on any atom is -0.315 e. The number of ether oxygens (including phenoxy) is 2. The highest BCUT2D eigenvalue weighted by atomic mass is 19.4. The third-order valence-electron chi connectivity index (χ3n) is 6.04. The zero-order valence-electron chi connectivity index (χ0n) is 20.2. The lowest BCUT2D eigenvalue weighted by Crippen LogP contribution is -2.54. The lowest BCUT2D eigenvalue weighted by Gasteiger charge is -2.30. The Kier molecular flexibility index (Phi) is 9.18. The summed E-state index contributed by atoms with van der Waals surface area (Å²) in [4.78, 5) is 0. The molecule has 0 N–H and O–H groups in total. The number of hydrogen-bond donors (Lipinski definition) is 0. The standard InChI is InChI=1S/C22H26F12O2/c1-11-12(2)16(8-10-36-22(33,34)20(29,30)18(6,25)26)14(4)13(3)15(11)7-9-35-21(31,32)19(27,28)17(5,23)24/h7-10H2,1-6H3. The average molecular weight is 550 g/mol. The van der Waals surface area contributed by atoms with Gasteiger partial charge in [0, 0.05) is 13.8 Å². The minimum absolute atomic E-state index is 0.319. The molecule has 36 heavy (non-hydrogen) atoms. The molecule has 0 spiro atoms. The van der Waals surface area contributed by atoms with E-state index < -0.39 is 62.0 Å². The molecule has 0 atom stereocenters. The zero-order chi connectivity index (χ0) is 28.7. The van der Waals surface area contributed by atoms with Crippen LogP contribution in [0.4, 0.5) is 52.7 Å². The van der Waals surface area contributed by atoms with E-state index in [0.29, 0.717) is 33.4 Å². The molecule has 0 aliphatic heterocycles. The molecular weight excluding hydrogens is 524 g/mol. The van der Waals surface area contributed by atoms with E-state index in [1.807, 2.05) is 0 Å². The third-order valence-corrected chi connectivity index (χ3v) is 6.04. The maximum Gasteiger partial charge on any atom is 0.425 e. The van der Waals surface area contributed by atoms with Crippen molar-refractivity contribution in [3.63, 3.8) is 0 Å². The Labute approximate surface area is 199 Å². The van der Waals surface area contributed by atoms with Crippen LogP contribution in [0.1, 0.15) is 47.2 Å². The number of rotatable bonds is 12. The Bertz CT molecular complexity index is 826. The molecule has 0 aromatic heterocycles. The Morgan fingerprint density at radius 2 is 0.694 bits per heavy atom. The van der Waals surface area contributed by atoms with Crippen LogP contribution in [-0.4, -0.2) is 49.1 Å². The summed E-state index contributed by atoms with van der Waals surface area (Å²) in [5.74, 6) is -21.7. The van der Waals surface area contributed by atoms with E-state index in [9.17, 15) is 52.7 Å². The first kappa shape index (κ1) is 32.3. The highest BCUT2D eigenvalue weighted by Crippen LogP contribution is 2.47. The fourth-order valence-corrected chi connectivity index (χ4v) is 3.47. The molecule has 2 nitrogen and oxygen atoms in total. The summed E-state index contributed by atoms with van der Waals surface area (Å²) >= 11 is 0. The second-order valence-electron chi connectivity index (χ2n) is 8.61. The van der Waals surface area contributed by atoms with E-state index >= 15 is 0 Å². The lowest BCUT2D eigenvalue weighted by molar-refractivity contribution is -0.394. The van der Waals surface area contributed by atoms with Gasteiger partial charge in [0.1, 0.15) is 0 Å². The summed E-state index contributed by atoms with van der Waals surface area (Å²) in [5, 5.41) is 0.